The Bertz CT molecular complexity index is 1340. The lowest BCUT2D eigenvalue weighted by Gasteiger charge is -2.58. The van der Waals surface area contributed by atoms with Gasteiger partial charge in [-0.1, -0.05) is 149 Å². The Balaban J connectivity index is 0.988. The molecule has 0 spiro atoms. The predicted octanol–water partition coefficient (Wildman–Crippen LogP) is 12.8. The number of aliphatic hydroxyl groups excluding tert-OH is 3. The fourth-order valence-corrected chi connectivity index (χ4v) is 13.1. The second kappa shape index (κ2) is 24.9. The first kappa shape index (κ1) is 50.7. The van der Waals surface area contributed by atoms with Crippen molar-refractivity contribution in [1.82, 2.24) is 0 Å². The monoisotopic (exact) mass is 855 g/mol. The maximum Gasteiger partial charge on any atom is 0.305 e. The highest BCUT2D eigenvalue weighted by molar-refractivity contribution is 5.69. The number of carbonyl (C=O) groups is 1. The molecular formula is C54H94O7. The Labute approximate surface area is 374 Å². The van der Waals surface area contributed by atoms with Crippen molar-refractivity contribution in [2.24, 2.45) is 52.3 Å². The van der Waals surface area contributed by atoms with Crippen molar-refractivity contribution in [3.05, 3.63) is 23.8 Å². The zero-order valence-electron chi connectivity index (χ0n) is 40.3. The second-order valence-corrected chi connectivity index (χ2v) is 22.0. The van der Waals surface area contributed by atoms with Crippen molar-refractivity contribution < 1.29 is 34.3 Å². The minimum Gasteiger partial charge on any atom is -0.463 e. The lowest BCUT2D eigenvalue weighted by atomic mass is 9.47. The van der Waals surface area contributed by atoms with Crippen LogP contribution in [0.4, 0.5) is 0 Å². The highest BCUT2D eigenvalue weighted by Crippen LogP contribution is 2.67. The van der Waals surface area contributed by atoms with Crippen molar-refractivity contribution in [2.75, 3.05) is 6.61 Å². The topological polar surface area (TPSA) is 105 Å². The summed E-state index contributed by atoms with van der Waals surface area (Å²) in [6, 6.07) is 0. The number of hydrogen-bond acceptors (Lipinski definition) is 7. The van der Waals surface area contributed by atoms with Crippen molar-refractivity contribution in [1.29, 1.82) is 0 Å². The molecule has 0 aromatic carbocycles. The van der Waals surface area contributed by atoms with Crippen LogP contribution >= 0.6 is 0 Å². The molecule has 5 aliphatic rings. The standard InChI is InChI=1S/C54H94O7/c1-8-9-10-11-12-13-14-15-16-17-18-19-20-21-22-23-24-25-48(55)59-37-47-49(56)50(57)51(58)52(61-47)60-42-32-34-53(6)41(36-42)28-29-43-45-31-30-44(54(45,7)35-33-46(43)53)40(5)27-26-39(4)38(2)3/h15-16,28,38-40,42-47,49-52,56-58H,8-14,17-27,29-37H2,1-7H3/b16-15-/t39-,40-,42+,43+,44-,45+,46+,47?,49-,50?,51?,52-,53+,54-/m1/s1. The predicted molar refractivity (Wildman–Crippen MR) is 249 cm³/mol. The molecule has 0 amide bonds. The summed E-state index contributed by atoms with van der Waals surface area (Å²) in [5, 5.41) is 32.6. The van der Waals surface area contributed by atoms with Crippen LogP contribution in [0.1, 0.15) is 215 Å². The average Bonchev–Trinajstić information content (AvgIpc) is 3.60. The van der Waals surface area contributed by atoms with Gasteiger partial charge in [0, 0.05) is 6.42 Å². The summed E-state index contributed by atoms with van der Waals surface area (Å²) in [5.74, 6) is 5.15. The van der Waals surface area contributed by atoms with E-state index in [4.69, 9.17) is 14.2 Å². The van der Waals surface area contributed by atoms with E-state index < -0.39 is 30.7 Å². The van der Waals surface area contributed by atoms with Gasteiger partial charge in [-0.05, 0) is 136 Å². The highest BCUT2D eigenvalue weighted by atomic mass is 16.7. The number of rotatable bonds is 26. The van der Waals surface area contributed by atoms with Gasteiger partial charge in [0.05, 0.1) is 6.10 Å². The Morgan fingerprint density at radius 3 is 2.11 bits per heavy atom. The number of aliphatic hydroxyl groups is 3. The number of allylic oxidation sites excluding steroid dienone is 3. The summed E-state index contributed by atoms with van der Waals surface area (Å²) in [5.41, 5.74) is 2.12. The molecule has 0 radical (unpaired) electrons. The van der Waals surface area contributed by atoms with Gasteiger partial charge in [0.15, 0.2) is 6.29 Å². The lowest BCUT2D eigenvalue weighted by Crippen LogP contribution is -2.60. The van der Waals surface area contributed by atoms with Crippen LogP contribution in [0.15, 0.2) is 23.8 Å². The van der Waals surface area contributed by atoms with Gasteiger partial charge in [-0.3, -0.25) is 4.79 Å². The summed E-state index contributed by atoms with van der Waals surface area (Å²) < 4.78 is 18.1. The molecule has 4 aliphatic carbocycles. The van der Waals surface area contributed by atoms with Crippen molar-refractivity contribution in [2.45, 2.75) is 252 Å². The molecule has 14 atom stereocenters. The maximum atomic E-state index is 12.6. The lowest BCUT2D eigenvalue weighted by molar-refractivity contribution is -0.313. The van der Waals surface area contributed by atoms with Gasteiger partial charge in [0.2, 0.25) is 0 Å². The van der Waals surface area contributed by atoms with Crippen LogP contribution in [0.5, 0.6) is 0 Å². The van der Waals surface area contributed by atoms with E-state index in [1.54, 1.807) is 0 Å². The SMILES string of the molecule is CCCCCCCC/C=C\CCCCCCCCCC(=O)OCC1O[C@@H](O[C@H]2CC[C@@]3(C)C(=CC[C@H]4[C@@H]5CC[C@H]([C@H](C)CC[C@@H](C)C(C)C)[C@@]5(C)CC[C@@H]43)C2)C(O)C(O)[C@@H]1O. The van der Waals surface area contributed by atoms with Crippen molar-refractivity contribution in [3.63, 3.8) is 0 Å². The van der Waals surface area contributed by atoms with E-state index in [2.05, 4.69) is 66.7 Å². The molecular weight excluding hydrogens is 761 g/mol. The molecule has 3 unspecified atom stereocenters. The number of hydrogen-bond donors (Lipinski definition) is 3. The van der Waals surface area contributed by atoms with Gasteiger partial charge >= 0.3 is 5.97 Å². The smallest absolute Gasteiger partial charge is 0.305 e. The van der Waals surface area contributed by atoms with Crippen LogP contribution in [0.2, 0.25) is 0 Å². The molecule has 0 bridgehead atoms. The molecule has 1 aliphatic heterocycles. The molecule has 4 fully saturated rings. The van der Waals surface area contributed by atoms with Gasteiger partial charge in [-0.15, -0.1) is 0 Å². The number of unbranched alkanes of at least 4 members (excludes halogenated alkanes) is 13. The quantitative estimate of drug-likeness (QED) is 0.0452. The van der Waals surface area contributed by atoms with E-state index in [0.29, 0.717) is 17.8 Å². The number of esters is 1. The number of carbonyl (C=O) groups excluding carboxylic acids is 1. The Morgan fingerprint density at radius 2 is 1.44 bits per heavy atom. The third-order valence-electron chi connectivity index (χ3n) is 17.6. The molecule has 0 aromatic rings. The molecule has 5 rings (SSSR count). The van der Waals surface area contributed by atoms with Crippen LogP contribution in [-0.2, 0) is 19.0 Å². The largest absolute Gasteiger partial charge is 0.463 e. The van der Waals surface area contributed by atoms with Gasteiger partial charge < -0.3 is 29.5 Å². The van der Waals surface area contributed by atoms with Gasteiger partial charge in [-0.2, -0.15) is 0 Å². The third kappa shape index (κ3) is 13.6. The fourth-order valence-electron chi connectivity index (χ4n) is 13.1. The van der Waals surface area contributed by atoms with Gasteiger partial charge in [-0.25, -0.2) is 0 Å². The summed E-state index contributed by atoms with van der Waals surface area (Å²) in [4.78, 5) is 12.6. The zero-order chi connectivity index (χ0) is 44.0. The zero-order valence-corrected chi connectivity index (χ0v) is 40.3. The molecule has 1 heterocycles. The fraction of sp³-hybridized carbons (Fsp3) is 0.907. The molecule has 7 heteroatoms. The first-order valence-corrected chi connectivity index (χ1v) is 26.1. The van der Waals surface area contributed by atoms with E-state index in [1.165, 1.54) is 121 Å². The Morgan fingerprint density at radius 1 is 0.787 bits per heavy atom. The van der Waals surface area contributed by atoms with Crippen molar-refractivity contribution >= 4 is 5.97 Å². The van der Waals surface area contributed by atoms with Crippen LogP contribution in [-0.4, -0.2) is 64.7 Å². The molecule has 7 nitrogen and oxygen atoms in total. The minimum atomic E-state index is -1.44. The molecule has 1 saturated heterocycles. The van der Waals surface area contributed by atoms with E-state index >= 15 is 0 Å². The van der Waals surface area contributed by atoms with E-state index in [1.807, 2.05) is 0 Å². The first-order chi connectivity index (χ1) is 29.3. The normalized spacial score (nSPS) is 36.0. The molecule has 3 saturated carbocycles. The molecule has 352 valence electrons. The Hall–Kier alpha value is -1.25. The number of ether oxygens (including phenoxy) is 3. The van der Waals surface area contributed by atoms with Crippen LogP contribution in [0, 0.1) is 52.3 Å². The average molecular weight is 855 g/mol. The molecule has 0 aromatic heterocycles. The second-order valence-electron chi connectivity index (χ2n) is 22.0. The van der Waals surface area contributed by atoms with Crippen LogP contribution in [0.25, 0.3) is 0 Å². The first-order valence-electron chi connectivity index (χ1n) is 26.1. The summed E-state index contributed by atoms with van der Waals surface area (Å²) in [6.07, 6.45) is 31.6. The minimum absolute atomic E-state index is 0.142. The van der Waals surface area contributed by atoms with Crippen LogP contribution < -0.4 is 0 Å². The van der Waals surface area contributed by atoms with Crippen molar-refractivity contribution in [3.8, 4) is 0 Å². The molecule has 61 heavy (non-hydrogen) atoms. The van der Waals surface area contributed by atoms with Crippen LogP contribution in [0.3, 0.4) is 0 Å². The maximum absolute atomic E-state index is 12.6. The summed E-state index contributed by atoms with van der Waals surface area (Å²) >= 11 is 0. The summed E-state index contributed by atoms with van der Waals surface area (Å²) in [7, 11) is 0. The third-order valence-corrected chi connectivity index (χ3v) is 17.6. The van der Waals surface area contributed by atoms with Gasteiger partial charge in [0.1, 0.15) is 31.0 Å². The highest BCUT2D eigenvalue weighted by Gasteiger charge is 2.59. The van der Waals surface area contributed by atoms with E-state index in [0.717, 1.165) is 80.5 Å². The summed E-state index contributed by atoms with van der Waals surface area (Å²) in [6.45, 7) is 17.0. The Kier molecular flexibility index (Phi) is 20.7. The number of fused-ring (bicyclic) bond motifs is 5. The van der Waals surface area contributed by atoms with E-state index in [9.17, 15) is 20.1 Å². The van der Waals surface area contributed by atoms with E-state index in [-0.39, 0.29) is 24.1 Å². The van der Waals surface area contributed by atoms with Gasteiger partial charge in [0.25, 0.3) is 0 Å². The molecule has 3 N–H and O–H groups in total.